The molecule has 1 amide bonds. The molecule has 0 spiro atoms. The molecule has 3 N–H and O–H groups in total. The summed E-state index contributed by atoms with van der Waals surface area (Å²) in [6.07, 6.45) is 0. The van der Waals surface area contributed by atoms with Crippen LogP contribution in [0.1, 0.15) is 10.4 Å². The predicted octanol–water partition coefficient (Wildman–Crippen LogP) is 3.93. The molecule has 0 bridgehead atoms. The highest BCUT2D eigenvalue weighted by Gasteiger charge is 2.18. The number of nitrogens with two attached hydrogens (primary N) is 1. The number of carbonyl (C=O) groups excluding carboxylic acids is 2. The van der Waals surface area contributed by atoms with Gasteiger partial charge in [0.05, 0.1) is 26.2 Å². The number of nitrogens with one attached hydrogen (secondary N) is 1. The molecule has 2 rings (SSSR count). The van der Waals surface area contributed by atoms with Crippen molar-refractivity contribution in [1.82, 2.24) is 0 Å². The second-order valence-corrected chi connectivity index (χ2v) is 6.15. The van der Waals surface area contributed by atoms with E-state index < -0.39 is 23.4 Å². The predicted molar refractivity (Wildman–Crippen MR) is 97.9 cm³/mol. The van der Waals surface area contributed by atoms with Gasteiger partial charge in [-0.3, -0.25) is 14.9 Å². The fraction of sp³-hybridized carbons (Fsp3) is 0.0667. The van der Waals surface area contributed by atoms with Gasteiger partial charge in [-0.1, -0.05) is 34.8 Å². The van der Waals surface area contributed by atoms with Gasteiger partial charge in [0.2, 0.25) is 0 Å². The molecule has 0 aliphatic carbocycles. The third kappa shape index (κ3) is 4.75. The number of amides is 1. The Bertz CT molecular complexity index is 881. The summed E-state index contributed by atoms with van der Waals surface area (Å²) in [5.74, 6) is -1.72. The van der Waals surface area contributed by atoms with E-state index in [4.69, 9.17) is 45.3 Å². The summed E-state index contributed by atoms with van der Waals surface area (Å²) in [5, 5.41) is 13.6. The van der Waals surface area contributed by atoms with Crippen LogP contribution in [-0.2, 0) is 9.53 Å². The Kier molecular flexibility index (Phi) is 6.25. The highest BCUT2D eigenvalue weighted by atomic mass is 35.5. The molecule has 26 heavy (non-hydrogen) atoms. The number of nitro benzene ring substituents is 1. The van der Waals surface area contributed by atoms with Crippen LogP contribution in [0.3, 0.4) is 0 Å². The minimum Gasteiger partial charge on any atom is -0.452 e. The minimum absolute atomic E-state index is 0.0233. The molecule has 136 valence electrons. The summed E-state index contributed by atoms with van der Waals surface area (Å²) in [6, 6.07) is 6.05. The molecule has 0 aliphatic rings. The van der Waals surface area contributed by atoms with Crippen LogP contribution in [0.4, 0.5) is 17.1 Å². The van der Waals surface area contributed by atoms with Gasteiger partial charge in [-0.05, 0) is 18.2 Å². The van der Waals surface area contributed by atoms with Crippen LogP contribution in [0.5, 0.6) is 0 Å². The van der Waals surface area contributed by atoms with E-state index in [9.17, 15) is 19.7 Å². The number of rotatable bonds is 5. The molecule has 8 nitrogen and oxygen atoms in total. The molecule has 11 heteroatoms. The second-order valence-electron chi connectivity index (χ2n) is 4.90. The van der Waals surface area contributed by atoms with Crippen LogP contribution < -0.4 is 11.1 Å². The number of halogens is 3. The average Bonchev–Trinajstić information content (AvgIpc) is 2.56. The van der Waals surface area contributed by atoms with E-state index in [1.54, 1.807) is 0 Å². The number of nitrogen functional groups attached to an aromatic ring is 1. The van der Waals surface area contributed by atoms with Crippen LogP contribution in [0, 0.1) is 10.1 Å². The first kappa shape index (κ1) is 19.8. The first-order chi connectivity index (χ1) is 12.2. The highest BCUT2D eigenvalue weighted by Crippen LogP contribution is 2.33. The van der Waals surface area contributed by atoms with Crippen molar-refractivity contribution >= 4 is 63.7 Å². The summed E-state index contributed by atoms with van der Waals surface area (Å²) < 4.78 is 4.82. The largest absolute Gasteiger partial charge is 0.452 e. The van der Waals surface area contributed by atoms with Crippen LogP contribution in [0.2, 0.25) is 15.1 Å². The number of ether oxygens (including phenoxy) is 1. The van der Waals surface area contributed by atoms with Crippen molar-refractivity contribution in [1.29, 1.82) is 0 Å². The number of hydrogen-bond donors (Lipinski definition) is 2. The summed E-state index contributed by atoms with van der Waals surface area (Å²) in [4.78, 5) is 34.0. The van der Waals surface area contributed by atoms with Crippen molar-refractivity contribution < 1.29 is 19.2 Å². The van der Waals surface area contributed by atoms with Crippen molar-refractivity contribution in [2.45, 2.75) is 0 Å². The van der Waals surface area contributed by atoms with Crippen molar-refractivity contribution in [2.75, 3.05) is 17.7 Å². The van der Waals surface area contributed by atoms with Gasteiger partial charge in [0.25, 0.3) is 11.6 Å². The second kappa shape index (κ2) is 8.22. The Labute approximate surface area is 161 Å². The fourth-order valence-electron chi connectivity index (χ4n) is 1.88. The van der Waals surface area contributed by atoms with Gasteiger partial charge in [-0.15, -0.1) is 0 Å². The third-order valence-electron chi connectivity index (χ3n) is 3.07. The maximum absolute atomic E-state index is 12.0. The Hall–Kier alpha value is -2.55. The maximum Gasteiger partial charge on any atom is 0.341 e. The molecular weight excluding hydrogens is 409 g/mol. The van der Waals surface area contributed by atoms with Gasteiger partial charge in [0, 0.05) is 22.8 Å². The molecule has 0 radical (unpaired) electrons. The van der Waals surface area contributed by atoms with E-state index in [0.717, 1.165) is 12.1 Å². The normalized spacial score (nSPS) is 10.3. The number of hydrogen-bond acceptors (Lipinski definition) is 6. The average molecular weight is 419 g/mol. The lowest BCUT2D eigenvalue weighted by molar-refractivity contribution is -0.384. The topological polar surface area (TPSA) is 125 Å². The molecule has 2 aromatic rings. The lowest BCUT2D eigenvalue weighted by Crippen LogP contribution is -2.21. The first-order valence-corrected chi connectivity index (χ1v) is 7.98. The van der Waals surface area contributed by atoms with Gasteiger partial charge in [0.15, 0.2) is 6.61 Å². The lowest BCUT2D eigenvalue weighted by Gasteiger charge is -2.10. The molecule has 2 aromatic carbocycles. The van der Waals surface area contributed by atoms with Crippen LogP contribution >= 0.6 is 34.8 Å². The summed E-state index contributed by atoms with van der Waals surface area (Å²) >= 11 is 17.6. The SMILES string of the molecule is Nc1ccc([N+](=O)[O-])cc1C(=O)OCC(=O)Nc1c(Cl)cc(Cl)cc1Cl. The Balaban J connectivity index is 2.05. The van der Waals surface area contributed by atoms with E-state index >= 15 is 0 Å². The van der Waals surface area contributed by atoms with Crippen LogP contribution in [0.25, 0.3) is 0 Å². The number of carbonyl (C=O) groups is 2. The van der Waals surface area contributed by atoms with Gasteiger partial charge in [-0.25, -0.2) is 4.79 Å². The van der Waals surface area contributed by atoms with Crippen molar-refractivity contribution in [3.63, 3.8) is 0 Å². The molecule has 0 atom stereocenters. The molecule has 0 saturated carbocycles. The number of nitrogens with zero attached hydrogens (tertiary/aromatic N) is 1. The van der Waals surface area contributed by atoms with E-state index in [2.05, 4.69) is 5.32 Å². The molecule has 0 saturated heterocycles. The molecule has 0 aromatic heterocycles. The molecule has 0 fully saturated rings. The monoisotopic (exact) mass is 417 g/mol. The van der Waals surface area contributed by atoms with E-state index in [1.165, 1.54) is 18.2 Å². The number of anilines is 2. The van der Waals surface area contributed by atoms with Crippen molar-refractivity contribution in [3.05, 3.63) is 61.1 Å². The van der Waals surface area contributed by atoms with Crippen molar-refractivity contribution in [3.8, 4) is 0 Å². The van der Waals surface area contributed by atoms with E-state index in [1.807, 2.05) is 0 Å². The number of non-ortho nitro benzene ring substituents is 1. The van der Waals surface area contributed by atoms with Crippen LogP contribution in [0.15, 0.2) is 30.3 Å². The van der Waals surface area contributed by atoms with E-state index in [-0.39, 0.29) is 37.7 Å². The van der Waals surface area contributed by atoms with Gasteiger partial charge in [0.1, 0.15) is 0 Å². The molecule has 0 unspecified atom stereocenters. The maximum atomic E-state index is 12.0. The molecule has 0 aliphatic heterocycles. The highest BCUT2D eigenvalue weighted by molar-refractivity contribution is 6.42. The van der Waals surface area contributed by atoms with Gasteiger partial charge >= 0.3 is 5.97 Å². The zero-order chi connectivity index (χ0) is 19.4. The smallest absolute Gasteiger partial charge is 0.341 e. The molecule has 0 heterocycles. The summed E-state index contributed by atoms with van der Waals surface area (Å²) in [6.45, 7) is -0.684. The van der Waals surface area contributed by atoms with Crippen molar-refractivity contribution in [2.24, 2.45) is 0 Å². The summed E-state index contributed by atoms with van der Waals surface area (Å²) in [7, 11) is 0. The minimum atomic E-state index is -0.991. The van der Waals surface area contributed by atoms with E-state index in [0.29, 0.717) is 0 Å². The zero-order valence-electron chi connectivity index (χ0n) is 12.8. The number of benzene rings is 2. The number of esters is 1. The quantitative estimate of drug-likeness (QED) is 0.328. The first-order valence-electron chi connectivity index (χ1n) is 6.84. The lowest BCUT2D eigenvalue weighted by atomic mass is 10.1. The standard InChI is InChI=1S/C15H10Cl3N3O5/c16-7-3-10(17)14(11(18)4-7)20-13(22)6-26-15(23)9-5-8(21(24)25)1-2-12(9)19/h1-5H,6,19H2,(H,20,22). The molecular formula is C15H10Cl3N3O5. The zero-order valence-corrected chi connectivity index (χ0v) is 15.1. The fourth-order valence-corrected chi connectivity index (χ4v) is 2.79. The summed E-state index contributed by atoms with van der Waals surface area (Å²) in [5.41, 5.74) is 5.12. The number of nitro groups is 1. The Morgan fingerprint density at radius 1 is 1.15 bits per heavy atom. The third-order valence-corrected chi connectivity index (χ3v) is 3.89. The Morgan fingerprint density at radius 3 is 2.35 bits per heavy atom. The van der Waals surface area contributed by atoms with Gasteiger partial charge in [-0.2, -0.15) is 0 Å². The van der Waals surface area contributed by atoms with Gasteiger partial charge < -0.3 is 15.8 Å². The van der Waals surface area contributed by atoms with Crippen LogP contribution in [-0.4, -0.2) is 23.4 Å². The Morgan fingerprint density at radius 2 is 1.77 bits per heavy atom.